The molecule has 2 nitrogen and oxygen atoms in total. The van der Waals surface area contributed by atoms with Crippen molar-refractivity contribution < 1.29 is 30.2 Å². The largest absolute Gasteiger partial charge is 0.309 e. The third-order valence-corrected chi connectivity index (χ3v) is 7.16. The monoisotopic (exact) mass is 562 g/mol. The number of nitrogens with zero attached hydrogens (tertiary/aromatic N) is 2. The Bertz CT molecular complexity index is 3270. The Morgan fingerprint density at radius 1 is 0.548 bits per heavy atom. The highest BCUT2D eigenvalue weighted by Crippen LogP contribution is 2.37. The second-order valence-corrected chi connectivity index (χ2v) is 9.82. The number of hydrogen-bond donors (Lipinski definition) is 0. The minimum Gasteiger partial charge on any atom is -0.309 e. The van der Waals surface area contributed by atoms with Gasteiger partial charge in [-0.25, -0.2) is 0 Å². The van der Waals surface area contributed by atoms with E-state index in [1.807, 2.05) is 0 Å². The molecule has 0 bridgehead atoms. The predicted octanol–water partition coefficient (Wildman–Crippen LogP) is 10.8. The number of fused-ring (bicyclic) bond motifs is 6. The van der Waals surface area contributed by atoms with Crippen LogP contribution in [0.4, 0.5) is 0 Å². The minimum atomic E-state index is -3.51. The van der Waals surface area contributed by atoms with Crippen LogP contribution in [0.25, 0.3) is 66.1 Å². The molecular weight excluding hydrogens is 508 g/mol. The maximum absolute atomic E-state index is 9.39. The van der Waals surface area contributed by atoms with Crippen molar-refractivity contribution in [3.05, 3.63) is 145 Å². The molecule has 8 rings (SSSR count). The fraction of sp³-hybridized carbons (Fsp3) is 0.100. The van der Waals surface area contributed by atoms with Gasteiger partial charge in [0.25, 0.3) is 0 Å². The van der Waals surface area contributed by atoms with Gasteiger partial charge in [0.1, 0.15) is 0 Å². The molecule has 0 aliphatic heterocycles. The van der Waals surface area contributed by atoms with Crippen LogP contribution in [-0.4, -0.2) is 9.13 Å². The number of rotatable bonds is 3. The molecule has 0 saturated carbocycles. The lowest BCUT2D eigenvalue weighted by Crippen LogP contribution is -2.10. The Hall–Kier alpha value is -5.08. The van der Waals surface area contributed by atoms with Gasteiger partial charge in [0, 0.05) is 42.5 Å². The first-order valence-electron chi connectivity index (χ1n) is 24.0. The summed E-state index contributed by atoms with van der Waals surface area (Å²) in [5, 5.41) is -1.03. The van der Waals surface area contributed by atoms with Crippen LogP contribution in [0.3, 0.4) is 0 Å². The quantitative estimate of drug-likeness (QED) is 0.203. The lowest BCUT2D eigenvalue weighted by Gasteiger charge is -2.19. The van der Waals surface area contributed by atoms with E-state index in [2.05, 4.69) is 0 Å². The van der Waals surface area contributed by atoms with Gasteiger partial charge in [-0.1, -0.05) is 105 Å². The normalized spacial score (nSPS) is 20.2. The van der Waals surface area contributed by atoms with Gasteiger partial charge in [0.2, 0.25) is 0 Å². The Labute approximate surface area is 277 Å². The minimum absolute atomic E-state index is 0.107. The van der Waals surface area contributed by atoms with Gasteiger partial charge < -0.3 is 9.13 Å². The summed E-state index contributed by atoms with van der Waals surface area (Å²) in [6.45, 7) is -8.36. The van der Waals surface area contributed by atoms with Gasteiger partial charge in [-0.3, -0.25) is 0 Å². The molecule has 202 valence electrons. The van der Waals surface area contributed by atoms with E-state index in [9.17, 15) is 2.74 Å². The molecule has 42 heavy (non-hydrogen) atoms. The topological polar surface area (TPSA) is 9.86 Å². The zero-order valence-electron chi connectivity index (χ0n) is 43.7. The van der Waals surface area contributed by atoms with Crippen molar-refractivity contribution in [3.8, 4) is 22.5 Å². The van der Waals surface area contributed by atoms with Crippen molar-refractivity contribution in [3.63, 3.8) is 0 Å². The summed E-state index contributed by atoms with van der Waals surface area (Å²) in [4.78, 5) is 0. The second kappa shape index (κ2) is 9.22. The van der Waals surface area contributed by atoms with Crippen LogP contribution < -0.4 is 0 Å². The summed E-state index contributed by atoms with van der Waals surface area (Å²) < 4.78 is 192. The van der Waals surface area contributed by atoms with Crippen molar-refractivity contribution in [2.75, 3.05) is 0 Å². The van der Waals surface area contributed by atoms with Gasteiger partial charge in [0.05, 0.1) is 42.6 Å². The molecule has 6 aromatic carbocycles. The van der Waals surface area contributed by atoms with E-state index in [0.29, 0.717) is 11.1 Å². The summed E-state index contributed by atoms with van der Waals surface area (Å²) in [6, 6.07) is 2.78. The van der Waals surface area contributed by atoms with Gasteiger partial charge in [-0.2, -0.15) is 0 Å². The number of benzene rings is 6. The van der Waals surface area contributed by atoms with Gasteiger partial charge in [-0.15, -0.1) is 0 Å². The Morgan fingerprint density at radius 2 is 1.02 bits per heavy atom. The van der Waals surface area contributed by atoms with Crippen molar-refractivity contribution >= 4 is 43.6 Å². The molecule has 2 aromatic heterocycles. The Morgan fingerprint density at radius 3 is 1.52 bits per heavy atom. The molecule has 0 spiro atoms. The summed E-state index contributed by atoms with van der Waals surface area (Å²) in [5.41, 5.74) is -3.78. The maximum Gasteiger partial charge on any atom is 0.0645 e. The van der Waals surface area contributed by atoms with E-state index >= 15 is 0 Å². The third kappa shape index (κ3) is 3.79. The standard InChI is InChI=1S/C40H32N2/c1-40(2,3)29-22-23-39-35(26-29)34-18-6-9-21-38(34)42(39)31-15-11-13-28(25-31)27-12-10-14-30(24-27)41-36-19-7-4-16-32(36)33-17-5-8-20-37(33)41/h4-26H,1-3H3/i1D,2D3,3D3,4D,5D,6D,7D,8D,9D,16D,17D,18D,19D,20D,21D,22D,23D,26D. The Kier molecular flexibility index (Phi) is 2.41. The SMILES string of the molecule is [2H]CC(c1c([2H])c([2H])c2c(c1[2H])c1c([2H])c([2H])c([2H])c([2H])c1n2-c1cccc(-c2cccc(-n3c4c([2H])c([2H])c([2H])c([2H])c4c4c([2H])c([2H])c([2H])c([2H])c43)c2)c1)(C([2H])([2H])[2H])C([2H])([2H])[2H]. The van der Waals surface area contributed by atoms with Crippen LogP contribution in [-0.2, 0) is 5.41 Å². The van der Waals surface area contributed by atoms with Crippen LogP contribution in [0.2, 0.25) is 0 Å². The lowest BCUT2D eigenvalue weighted by atomic mass is 9.86. The molecule has 2 heterocycles. The van der Waals surface area contributed by atoms with Crippen LogP contribution >= 0.6 is 0 Å². The summed E-state index contributed by atoms with van der Waals surface area (Å²) in [5.74, 6) is 0. The summed E-state index contributed by atoms with van der Waals surface area (Å²) in [7, 11) is 0. The van der Waals surface area contributed by atoms with Crippen LogP contribution in [0.1, 0.15) is 56.3 Å². The van der Waals surface area contributed by atoms with E-state index in [0.717, 1.165) is 0 Å². The first-order valence-corrected chi connectivity index (χ1v) is 12.8. The average Bonchev–Trinajstić information content (AvgIpc) is 3.80. The maximum atomic E-state index is 9.39. The van der Waals surface area contributed by atoms with E-state index in [1.165, 1.54) is 15.2 Å². The van der Waals surface area contributed by atoms with Crippen LogP contribution in [0.5, 0.6) is 0 Å². The smallest absolute Gasteiger partial charge is 0.0645 e. The van der Waals surface area contributed by atoms with Crippen molar-refractivity contribution in [2.45, 2.75) is 26.0 Å². The van der Waals surface area contributed by atoms with E-state index in [4.69, 9.17) is 27.4 Å². The summed E-state index contributed by atoms with van der Waals surface area (Å²) in [6.07, 6.45) is 0. The van der Waals surface area contributed by atoms with Crippen molar-refractivity contribution in [2.24, 2.45) is 0 Å². The molecule has 0 radical (unpaired) electrons. The van der Waals surface area contributed by atoms with Crippen LogP contribution in [0, 0.1) is 0 Å². The average molecular weight is 563 g/mol. The molecule has 0 fully saturated rings. The molecule has 0 N–H and O–H groups in total. The molecule has 0 atom stereocenters. The number of para-hydroxylation sites is 3. The van der Waals surface area contributed by atoms with E-state index in [1.54, 1.807) is 42.5 Å². The molecule has 0 amide bonds. The Balaban J connectivity index is 1.46. The second-order valence-electron chi connectivity index (χ2n) is 9.82. The zero-order valence-corrected chi connectivity index (χ0v) is 21.7. The van der Waals surface area contributed by atoms with Gasteiger partial charge in [0.15, 0.2) is 0 Å². The molecule has 8 aromatic rings. The first kappa shape index (κ1) is 11.0. The molecule has 0 saturated heterocycles. The zero-order chi connectivity index (χ0) is 47.2. The highest BCUT2D eigenvalue weighted by atomic mass is 15.0. The molecular formula is C40H32N2. The van der Waals surface area contributed by atoms with E-state index < -0.39 is 128 Å². The lowest BCUT2D eigenvalue weighted by molar-refractivity contribution is 0.591. The van der Waals surface area contributed by atoms with Crippen LogP contribution in [0.15, 0.2) is 139 Å². The fourth-order valence-electron chi connectivity index (χ4n) is 5.31. The fourth-order valence-corrected chi connectivity index (χ4v) is 5.31. The third-order valence-electron chi connectivity index (χ3n) is 7.16. The van der Waals surface area contributed by atoms with E-state index in [-0.39, 0.29) is 49.6 Å². The number of hydrogen-bond acceptors (Lipinski definition) is 0. The highest BCUT2D eigenvalue weighted by molar-refractivity contribution is 6.10. The molecule has 0 unspecified atom stereocenters. The first-order chi connectivity index (χ1) is 29.8. The van der Waals surface area contributed by atoms with Gasteiger partial charge in [-0.05, 0) is 76.6 Å². The number of aromatic nitrogens is 2. The molecule has 2 heteroatoms. The molecule has 0 aliphatic carbocycles. The van der Waals surface area contributed by atoms with Crippen molar-refractivity contribution in [1.29, 1.82) is 0 Å². The molecule has 0 aliphatic rings. The van der Waals surface area contributed by atoms with Gasteiger partial charge >= 0.3 is 0 Å². The summed E-state index contributed by atoms with van der Waals surface area (Å²) >= 11 is 0. The van der Waals surface area contributed by atoms with Crippen molar-refractivity contribution in [1.82, 2.24) is 9.13 Å². The predicted molar refractivity (Wildman–Crippen MR) is 179 cm³/mol. The highest BCUT2D eigenvalue weighted by Gasteiger charge is 2.18.